The van der Waals surface area contributed by atoms with Gasteiger partial charge in [-0.25, -0.2) is 0 Å². The molecule has 2 aromatic heterocycles. The Morgan fingerprint density at radius 2 is 1.93 bits per heavy atom. The zero-order chi connectivity index (χ0) is 19.8. The molecule has 2 aromatic carbocycles. The molecule has 5 rings (SSSR count). The monoisotopic (exact) mass is 387 g/mol. The molecule has 7 nitrogen and oxygen atoms in total. The molecule has 4 aromatic rings. The van der Waals surface area contributed by atoms with E-state index in [1.165, 1.54) is 6.92 Å². The lowest BCUT2D eigenvalue weighted by atomic mass is 10.1. The molecular formula is C22H21N5O2. The average Bonchev–Trinajstić information content (AvgIpc) is 3.46. The molecule has 0 spiro atoms. The molecule has 0 saturated carbocycles. The predicted octanol–water partition coefficient (Wildman–Crippen LogP) is 4.27. The van der Waals surface area contributed by atoms with Gasteiger partial charge in [-0.1, -0.05) is 12.1 Å². The molecule has 1 saturated heterocycles. The van der Waals surface area contributed by atoms with Gasteiger partial charge in [0.1, 0.15) is 0 Å². The number of nitrogens with zero attached hydrogens (tertiary/aromatic N) is 2. The normalized spacial score (nSPS) is 16.4. The molecule has 146 valence electrons. The summed E-state index contributed by atoms with van der Waals surface area (Å²) in [6.07, 6.45) is 2.16. The summed E-state index contributed by atoms with van der Waals surface area (Å²) in [7, 11) is 0. The summed E-state index contributed by atoms with van der Waals surface area (Å²) in [4.78, 5) is 14.6. The van der Waals surface area contributed by atoms with Crippen LogP contribution < -0.4 is 10.6 Å². The number of hydrogen-bond acceptors (Lipinski definition) is 5. The van der Waals surface area contributed by atoms with Crippen molar-refractivity contribution in [3.05, 3.63) is 54.4 Å². The fourth-order valence-electron chi connectivity index (χ4n) is 3.74. The molecule has 0 unspecified atom stereocenters. The summed E-state index contributed by atoms with van der Waals surface area (Å²) in [5.41, 5.74) is 4.77. The van der Waals surface area contributed by atoms with Crippen LogP contribution in [0.15, 0.2) is 52.9 Å². The molecule has 0 aliphatic carbocycles. The Morgan fingerprint density at radius 3 is 2.69 bits per heavy atom. The largest absolute Gasteiger partial charge is 0.419 e. The smallest absolute Gasteiger partial charge is 0.247 e. The standard InChI is InChI=1S/C22H21N5O2/c1-13(28)24-17-7-4-14(5-8-17)20-12-16-11-15(6-9-18(16)25-20)21-26-27-22(29-21)19-3-2-10-23-19/h4-9,11-12,19,23,25H,2-3,10H2,1H3,(H,24,28)/t19-/m0/s1. The molecule has 0 bridgehead atoms. The highest BCUT2D eigenvalue weighted by Gasteiger charge is 2.22. The number of hydrogen-bond donors (Lipinski definition) is 3. The minimum atomic E-state index is -0.0798. The number of anilines is 1. The van der Waals surface area contributed by atoms with Crippen LogP contribution in [0.2, 0.25) is 0 Å². The van der Waals surface area contributed by atoms with Crippen LogP contribution >= 0.6 is 0 Å². The topological polar surface area (TPSA) is 95.8 Å². The lowest BCUT2D eigenvalue weighted by molar-refractivity contribution is -0.114. The van der Waals surface area contributed by atoms with Crippen LogP contribution in [-0.2, 0) is 4.79 Å². The van der Waals surface area contributed by atoms with E-state index in [2.05, 4.69) is 37.9 Å². The van der Waals surface area contributed by atoms with E-state index >= 15 is 0 Å². The lowest BCUT2D eigenvalue weighted by Gasteiger charge is -2.03. The highest BCUT2D eigenvalue weighted by Crippen LogP contribution is 2.30. The fourth-order valence-corrected chi connectivity index (χ4v) is 3.74. The minimum Gasteiger partial charge on any atom is -0.419 e. The van der Waals surface area contributed by atoms with Crippen molar-refractivity contribution in [1.29, 1.82) is 0 Å². The molecule has 7 heteroatoms. The maximum absolute atomic E-state index is 11.2. The number of aromatic nitrogens is 3. The fraction of sp³-hybridized carbons (Fsp3) is 0.227. The van der Waals surface area contributed by atoms with Crippen LogP contribution in [0.1, 0.15) is 31.7 Å². The highest BCUT2D eigenvalue weighted by molar-refractivity contribution is 5.90. The second kappa shape index (κ2) is 7.18. The number of aromatic amines is 1. The van der Waals surface area contributed by atoms with E-state index in [0.29, 0.717) is 11.8 Å². The van der Waals surface area contributed by atoms with E-state index in [9.17, 15) is 4.79 Å². The van der Waals surface area contributed by atoms with Crippen LogP contribution in [0, 0.1) is 0 Å². The van der Waals surface area contributed by atoms with Gasteiger partial charge in [0.25, 0.3) is 0 Å². The molecule has 1 aliphatic rings. The van der Waals surface area contributed by atoms with Crippen molar-refractivity contribution in [3.8, 4) is 22.7 Å². The Morgan fingerprint density at radius 1 is 1.10 bits per heavy atom. The first kappa shape index (κ1) is 17.6. The number of H-pyrrole nitrogens is 1. The average molecular weight is 387 g/mol. The zero-order valence-corrected chi connectivity index (χ0v) is 16.0. The van der Waals surface area contributed by atoms with Crippen molar-refractivity contribution >= 4 is 22.5 Å². The summed E-state index contributed by atoms with van der Waals surface area (Å²) >= 11 is 0. The Kier molecular flexibility index (Phi) is 4.37. The first-order valence-corrected chi connectivity index (χ1v) is 9.74. The van der Waals surface area contributed by atoms with Crippen molar-refractivity contribution in [2.24, 2.45) is 0 Å². The van der Waals surface area contributed by atoms with Crippen LogP contribution in [0.25, 0.3) is 33.6 Å². The predicted molar refractivity (Wildman–Crippen MR) is 111 cm³/mol. The highest BCUT2D eigenvalue weighted by atomic mass is 16.4. The van der Waals surface area contributed by atoms with E-state index in [-0.39, 0.29) is 11.9 Å². The Bertz CT molecular complexity index is 1170. The van der Waals surface area contributed by atoms with Gasteiger partial charge < -0.3 is 20.0 Å². The first-order valence-electron chi connectivity index (χ1n) is 9.74. The quantitative estimate of drug-likeness (QED) is 0.486. The van der Waals surface area contributed by atoms with E-state index in [1.807, 2.05) is 36.4 Å². The third-order valence-corrected chi connectivity index (χ3v) is 5.18. The molecular weight excluding hydrogens is 366 g/mol. The first-order chi connectivity index (χ1) is 14.2. The van der Waals surface area contributed by atoms with Crippen LogP contribution in [0.5, 0.6) is 0 Å². The number of fused-ring (bicyclic) bond motifs is 1. The number of carbonyl (C=O) groups is 1. The van der Waals surface area contributed by atoms with Crippen LogP contribution in [-0.4, -0.2) is 27.6 Å². The van der Waals surface area contributed by atoms with Gasteiger partial charge >= 0.3 is 0 Å². The van der Waals surface area contributed by atoms with Crippen molar-refractivity contribution in [1.82, 2.24) is 20.5 Å². The second-order valence-electron chi connectivity index (χ2n) is 7.34. The van der Waals surface area contributed by atoms with Gasteiger partial charge in [-0.3, -0.25) is 4.79 Å². The van der Waals surface area contributed by atoms with Crippen molar-refractivity contribution in [3.63, 3.8) is 0 Å². The summed E-state index contributed by atoms with van der Waals surface area (Å²) in [5.74, 6) is 1.12. The summed E-state index contributed by atoms with van der Waals surface area (Å²) in [6, 6.07) is 16.1. The molecule has 0 radical (unpaired) electrons. The summed E-state index contributed by atoms with van der Waals surface area (Å²) in [5, 5.41) is 15.7. The lowest BCUT2D eigenvalue weighted by Crippen LogP contribution is -2.12. The van der Waals surface area contributed by atoms with Crippen molar-refractivity contribution in [2.45, 2.75) is 25.8 Å². The van der Waals surface area contributed by atoms with Crippen LogP contribution in [0.3, 0.4) is 0 Å². The Balaban J connectivity index is 1.42. The number of carbonyl (C=O) groups excluding carboxylic acids is 1. The molecule has 1 amide bonds. The molecule has 3 N–H and O–H groups in total. The third-order valence-electron chi connectivity index (χ3n) is 5.18. The number of amides is 1. The molecule has 1 atom stereocenters. The van der Waals surface area contributed by atoms with Gasteiger partial charge in [0.15, 0.2) is 0 Å². The van der Waals surface area contributed by atoms with Gasteiger partial charge in [0, 0.05) is 34.8 Å². The van der Waals surface area contributed by atoms with E-state index in [4.69, 9.17) is 4.42 Å². The summed E-state index contributed by atoms with van der Waals surface area (Å²) in [6.45, 7) is 2.49. The zero-order valence-electron chi connectivity index (χ0n) is 16.0. The van der Waals surface area contributed by atoms with Gasteiger partial charge in [0.2, 0.25) is 17.7 Å². The van der Waals surface area contributed by atoms with Gasteiger partial charge in [-0.05, 0) is 61.3 Å². The van der Waals surface area contributed by atoms with E-state index in [0.717, 1.165) is 52.8 Å². The van der Waals surface area contributed by atoms with Gasteiger partial charge in [0.05, 0.1) is 6.04 Å². The number of rotatable bonds is 4. The Labute approximate surface area is 167 Å². The molecule has 3 heterocycles. The van der Waals surface area contributed by atoms with Gasteiger partial charge in [-0.15, -0.1) is 10.2 Å². The van der Waals surface area contributed by atoms with Crippen molar-refractivity contribution < 1.29 is 9.21 Å². The SMILES string of the molecule is CC(=O)Nc1ccc(-c2cc3cc(-c4nnc([C@@H]5CCCN5)o4)ccc3[nH]2)cc1. The van der Waals surface area contributed by atoms with E-state index < -0.39 is 0 Å². The third kappa shape index (κ3) is 3.52. The van der Waals surface area contributed by atoms with Crippen LogP contribution in [0.4, 0.5) is 5.69 Å². The maximum atomic E-state index is 11.2. The number of benzene rings is 2. The summed E-state index contributed by atoms with van der Waals surface area (Å²) < 4.78 is 5.91. The van der Waals surface area contributed by atoms with E-state index in [1.54, 1.807) is 0 Å². The molecule has 29 heavy (non-hydrogen) atoms. The Hall–Kier alpha value is -3.45. The van der Waals surface area contributed by atoms with Crippen molar-refractivity contribution in [2.75, 3.05) is 11.9 Å². The number of nitrogens with one attached hydrogen (secondary N) is 3. The van der Waals surface area contributed by atoms with Gasteiger partial charge in [-0.2, -0.15) is 0 Å². The maximum Gasteiger partial charge on any atom is 0.247 e. The minimum absolute atomic E-state index is 0.0798. The molecule has 1 aliphatic heterocycles. The molecule has 1 fully saturated rings. The second-order valence-corrected chi connectivity index (χ2v) is 7.34.